The molecule has 25 heavy (non-hydrogen) atoms. The van der Waals surface area contributed by atoms with Crippen LogP contribution in [0.5, 0.6) is 0 Å². The zero-order valence-electron chi connectivity index (χ0n) is 13.3. The van der Waals surface area contributed by atoms with Gasteiger partial charge in [-0.3, -0.25) is 4.79 Å². The first-order chi connectivity index (χ1) is 12.1. The number of nitrogens with zero attached hydrogens (tertiary/aromatic N) is 3. The highest BCUT2D eigenvalue weighted by atomic mass is 19.1. The molecule has 2 heterocycles. The number of fused-ring (bicyclic) bond motifs is 1. The quantitative estimate of drug-likeness (QED) is 0.718. The average molecular weight is 339 g/mol. The molecule has 6 heteroatoms. The number of carbonyl (C=O) groups excluding carboxylic acids is 1. The van der Waals surface area contributed by atoms with Crippen molar-refractivity contribution < 1.29 is 13.6 Å². The van der Waals surface area contributed by atoms with E-state index in [1.807, 2.05) is 35.0 Å². The number of benzene rings is 2. The van der Waals surface area contributed by atoms with Gasteiger partial charge >= 0.3 is 0 Å². The molecule has 4 rings (SSSR count). The Labute approximate surface area is 143 Å². The Hall–Kier alpha value is -3.02. The Kier molecular flexibility index (Phi) is 3.80. The summed E-state index contributed by atoms with van der Waals surface area (Å²) in [6.45, 7) is 0.674. The summed E-state index contributed by atoms with van der Waals surface area (Å²) in [5, 5.41) is 4.40. The molecule has 0 bridgehead atoms. The molecule has 1 aliphatic rings. The smallest absolute Gasteiger partial charge is 0.260 e. The standard InChI is InChI=1S/C19H15F2N3O/c20-15-7-4-8-16(21)18(15)19(25)23-10-9-17-13(12-23)11-22-24(17)14-5-2-1-3-6-14/h1-8,11H,9-10,12H2. The van der Waals surface area contributed by atoms with Crippen LogP contribution in [0.2, 0.25) is 0 Å². The zero-order valence-corrected chi connectivity index (χ0v) is 13.3. The number of carbonyl (C=O) groups is 1. The summed E-state index contributed by atoms with van der Waals surface area (Å²) in [6, 6.07) is 13.2. The highest BCUT2D eigenvalue weighted by Gasteiger charge is 2.28. The van der Waals surface area contributed by atoms with Gasteiger partial charge in [-0.25, -0.2) is 13.5 Å². The van der Waals surface area contributed by atoms with Crippen LogP contribution in [0.4, 0.5) is 8.78 Å². The molecular formula is C19H15F2N3O. The second-order valence-corrected chi connectivity index (χ2v) is 5.94. The van der Waals surface area contributed by atoms with Gasteiger partial charge in [-0.1, -0.05) is 24.3 Å². The SMILES string of the molecule is O=C(c1c(F)cccc1F)N1CCc2c(cnn2-c2ccccc2)C1. The molecule has 0 atom stereocenters. The van der Waals surface area contributed by atoms with Crippen LogP contribution >= 0.6 is 0 Å². The molecule has 0 saturated carbocycles. The molecule has 0 radical (unpaired) electrons. The van der Waals surface area contributed by atoms with E-state index in [-0.39, 0.29) is 6.54 Å². The Morgan fingerprint density at radius 1 is 1.00 bits per heavy atom. The topological polar surface area (TPSA) is 38.1 Å². The minimum Gasteiger partial charge on any atom is -0.334 e. The first-order valence-electron chi connectivity index (χ1n) is 7.99. The van der Waals surface area contributed by atoms with Crippen LogP contribution in [0.25, 0.3) is 5.69 Å². The fourth-order valence-corrected chi connectivity index (χ4v) is 3.16. The van der Waals surface area contributed by atoms with Crippen LogP contribution in [0.15, 0.2) is 54.7 Å². The van der Waals surface area contributed by atoms with Crippen molar-refractivity contribution in [2.45, 2.75) is 13.0 Å². The number of halogens is 2. The van der Waals surface area contributed by atoms with E-state index in [2.05, 4.69) is 5.10 Å². The van der Waals surface area contributed by atoms with Gasteiger partial charge in [-0.05, 0) is 24.3 Å². The van der Waals surface area contributed by atoms with Crippen molar-refractivity contribution in [1.82, 2.24) is 14.7 Å². The molecule has 0 unspecified atom stereocenters. The molecular weight excluding hydrogens is 324 g/mol. The Bertz CT molecular complexity index is 917. The lowest BCUT2D eigenvalue weighted by atomic mass is 10.1. The van der Waals surface area contributed by atoms with Gasteiger partial charge in [0.15, 0.2) is 0 Å². The number of hydrogen-bond acceptors (Lipinski definition) is 2. The van der Waals surface area contributed by atoms with Gasteiger partial charge in [0.25, 0.3) is 5.91 Å². The number of para-hydroxylation sites is 1. The lowest BCUT2D eigenvalue weighted by Gasteiger charge is -2.27. The highest BCUT2D eigenvalue weighted by molar-refractivity contribution is 5.94. The van der Waals surface area contributed by atoms with Crippen LogP contribution in [-0.4, -0.2) is 27.1 Å². The van der Waals surface area contributed by atoms with E-state index in [1.54, 1.807) is 6.20 Å². The second-order valence-electron chi connectivity index (χ2n) is 5.94. The Balaban J connectivity index is 1.62. The van der Waals surface area contributed by atoms with E-state index < -0.39 is 23.1 Å². The summed E-state index contributed by atoms with van der Waals surface area (Å²) >= 11 is 0. The number of hydrogen-bond donors (Lipinski definition) is 0. The molecule has 0 aliphatic carbocycles. The second kappa shape index (κ2) is 6.12. The summed E-state index contributed by atoms with van der Waals surface area (Å²) in [5.41, 5.74) is 2.36. The fraction of sp³-hybridized carbons (Fsp3) is 0.158. The molecule has 0 spiro atoms. The van der Waals surface area contributed by atoms with Crippen LogP contribution in [0.3, 0.4) is 0 Å². The molecule has 1 aliphatic heterocycles. The Morgan fingerprint density at radius 2 is 1.72 bits per heavy atom. The molecule has 4 nitrogen and oxygen atoms in total. The predicted octanol–water partition coefficient (Wildman–Crippen LogP) is 3.35. The van der Waals surface area contributed by atoms with E-state index >= 15 is 0 Å². The van der Waals surface area contributed by atoms with Crippen LogP contribution in [0.1, 0.15) is 21.6 Å². The molecule has 0 N–H and O–H groups in total. The van der Waals surface area contributed by atoms with E-state index in [0.29, 0.717) is 13.0 Å². The normalized spacial score (nSPS) is 13.6. The van der Waals surface area contributed by atoms with Crippen molar-refractivity contribution in [1.29, 1.82) is 0 Å². The molecule has 1 aromatic heterocycles. The largest absolute Gasteiger partial charge is 0.334 e. The molecule has 0 fully saturated rings. The predicted molar refractivity (Wildman–Crippen MR) is 88.4 cm³/mol. The van der Waals surface area contributed by atoms with Gasteiger partial charge < -0.3 is 4.90 Å². The summed E-state index contributed by atoms with van der Waals surface area (Å²) < 4.78 is 29.6. The maximum Gasteiger partial charge on any atom is 0.260 e. The van der Waals surface area contributed by atoms with Gasteiger partial charge in [-0.2, -0.15) is 5.10 Å². The van der Waals surface area contributed by atoms with Crippen molar-refractivity contribution in [3.63, 3.8) is 0 Å². The summed E-state index contributed by atoms with van der Waals surface area (Å²) in [4.78, 5) is 14.0. The first kappa shape index (κ1) is 15.5. The number of amides is 1. The van der Waals surface area contributed by atoms with Crippen LogP contribution in [0, 0.1) is 11.6 Å². The van der Waals surface area contributed by atoms with Crippen molar-refractivity contribution in [2.24, 2.45) is 0 Å². The molecule has 1 amide bonds. The molecule has 126 valence electrons. The van der Waals surface area contributed by atoms with Crippen molar-refractivity contribution in [3.05, 3.63) is 83.2 Å². The zero-order chi connectivity index (χ0) is 17.4. The minimum atomic E-state index is -0.837. The van der Waals surface area contributed by atoms with Gasteiger partial charge in [0.2, 0.25) is 0 Å². The highest BCUT2D eigenvalue weighted by Crippen LogP contribution is 2.24. The molecule has 2 aromatic carbocycles. The van der Waals surface area contributed by atoms with Crippen molar-refractivity contribution in [3.8, 4) is 5.69 Å². The molecule has 0 saturated heterocycles. The summed E-state index contributed by atoms with van der Waals surface area (Å²) in [6.07, 6.45) is 2.28. The third-order valence-electron chi connectivity index (χ3n) is 4.40. The van der Waals surface area contributed by atoms with E-state index in [4.69, 9.17) is 0 Å². The minimum absolute atomic E-state index is 0.286. The average Bonchev–Trinajstić information content (AvgIpc) is 3.05. The third kappa shape index (κ3) is 2.69. The van der Waals surface area contributed by atoms with Crippen LogP contribution in [-0.2, 0) is 13.0 Å². The maximum atomic E-state index is 13.9. The van der Waals surface area contributed by atoms with Crippen LogP contribution < -0.4 is 0 Å². The van der Waals surface area contributed by atoms with Gasteiger partial charge in [0.05, 0.1) is 17.6 Å². The third-order valence-corrected chi connectivity index (χ3v) is 4.40. The van der Waals surface area contributed by atoms with Gasteiger partial charge in [0, 0.05) is 25.1 Å². The number of rotatable bonds is 2. The van der Waals surface area contributed by atoms with E-state index in [0.717, 1.165) is 29.1 Å². The van der Waals surface area contributed by atoms with Crippen molar-refractivity contribution in [2.75, 3.05) is 6.54 Å². The lowest BCUT2D eigenvalue weighted by molar-refractivity contribution is 0.0724. The lowest BCUT2D eigenvalue weighted by Crippen LogP contribution is -2.37. The molecule has 3 aromatic rings. The van der Waals surface area contributed by atoms with E-state index in [9.17, 15) is 13.6 Å². The van der Waals surface area contributed by atoms with Crippen molar-refractivity contribution >= 4 is 5.91 Å². The summed E-state index contributed by atoms with van der Waals surface area (Å²) in [5.74, 6) is -2.31. The first-order valence-corrected chi connectivity index (χ1v) is 7.99. The monoisotopic (exact) mass is 339 g/mol. The summed E-state index contributed by atoms with van der Waals surface area (Å²) in [7, 11) is 0. The van der Waals surface area contributed by atoms with E-state index in [1.165, 1.54) is 11.0 Å². The maximum absolute atomic E-state index is 13.9. The van der Waals surface area contributed by atoms with Gasteiger partial charge in [-0.15, -0.1) is 0 Å². The number of aromatic nitrogens is 2. The Morgan fingerprint density at radius 3 is 2.44 bits per heavy atom. The fourth-order valence-electron chi connectivity index (χ4n) is 3.16. The van der Waals surface area contributed by atoms with Gasteiger partial charge in [0.1, 0.15) is 17.2 Å².